The summed E-state index contributed by atoms with van der Waals surface area (Å²) in [5.74, 6) is -0.171. The molecule has 2 aromatic rings. The molecule has 2 atom stereocenters. The van der Waals surface area contributed by atoms with Gasteiger partial charge in [-0.2, -0.15) is 0 Å². The van der Waals surface area contributed by atoms with Gasteiger partial charge in [0.25, 0.3) is 5.91 Å². The van der Waals surface area contributed by atoms with E-state index >= 15 is 0 Å². The molecule has 6 nitrogen and oxygen atoms in total. The van der Waals surface area contributed by atoms with Gasteiger partial charge in [0, 0.05) is 18.2 Å². The Morgan fingerprint density at radius 2 is 2.33 bits per heavy atom. The van der Waals surface area contributed by atoms with Gasteiger partial charge in [0.15, 0.2) is 0 Å². The fourth-order valence-electron chi connectivity index (χ4n) is 2.47. The molecule has 21 heavy (non-hydrogen) atoms. The molecule has 0 bridgehead atoms. The lowest BCUT2D eigenvalue weighted by Crippen LogP contribution is -2.35. The third-order valence-electron chi connectivity index (χ3n) is 3.53. The SMILES string of the molecule is CCn1nncc1C(=O)N[C@H]1c2ccc(F)cc2O[C@H]1C. The number of halogens is 1. The van der Waals surface area contributed by atoms with Gasteiger partial charge in [-0.25, -0.2) is 9.07 Å². The van der Waals surface area contributed by atoms with Gasteiger partial charge in [-0.15, -0.1) is 5.10 Å². The van der Waals surface area contributed by atoms with Crippen molar-refractivity contribution in [3.63, 3.8) is 0 Å². The number of rotatable bonds is 3. The van der Waals surface area contributed by atoms with Crippen molar-refractivity contribution in [3.8, 4) is 5.75 Å². The maximum Gasteiger partial charge on any atom is 0.271 e. The molecule has 0 fully saturated rings. The summed E-state index contributed by atoms with van der Waals surface area (Å²) >= 11 is 0. The highest BCUT2D eigenvalue weighted by Crippen LogP contribution is 2.36. The van der Waals surface area contributed by atoms with Crippen LogP contribution in [-0.2, 0) is 6.54 Å². The molecule has 0 radical (unpaired) electrons. The highest BCUT2D eigenvalue weighted by atomic mass is 19.1. The molecular formula is C14H15FN4O2. The first-order valence-corrected chi connectivity index (χ1v) is 6.75. The molecule has 1 aromatic heterocycles. The summed E-state index contributed by atoms with van der Waals surface area (Å²) in [6.07, 6.45) is 1.15. The average Bonchev–Trinajstić information content (AvgIpc) is 3.03. The van der Waals surface area contributed by atoms with Crippen LogP contribution in [-0.4, -0.2) is 27.0 Å². The number of benzene rings is 1. The first-order chi connectivity index (χ1) is 10.1. The summed E-state index contributed by atoms with van der Waals surface area (Å²) in [6, 6.07) is 4.00. The van der Waals surface area contributed by atoms with Crippen LogP contribution in [0.4, 0.5) is 4.39 Å². The smallest absolute Gasteiger partial charge is 0.271 e. The molecule has 0 saturated heterocycles. The number of aryl methyl sites for hydroxylation is 1. The standard InChI is InChI=1S/C14H15FN4O2/c1-3-19-11(7-16-18-19)14(20)17-13-8(2)21-12-6-9(15)4-5-10(12)13/h4-8,13H,3H2,1-2H3,(H,17,20)/t8-,13+/m0/s1. The Bertz CT molecular complexity index is 685. The predicted octanol–water partition coefficient (Wildman–Crippen LogP) is 1.69. The molecule has 0 unspecified atom stereocenters. The number of ether oxygens (including phenoxy) is 1. The van der Waals surface area contributed by atoms with Gasteiger partial charge in [0.2, 0.25) is 0 Å². The third kappa shape index (κ3) is 2.35. The molecule has 1 N–H and O–H groups in total. The number of nitrogens with one attached hydrogen (secondary N) is 1. The fraction of sp³-hybridized carbons (Fsp3) is 0.357. The first kappa shape index (κ1) is 13.5. The predicted molar refractivity (Wildman–Crippen MR) is 72.4 cm³/mol. The van der Waals surface area contributed by atoms with Gasteiger partial charge in [-0.1, -0.05) is 11.3 Å². The molecule has 1 aliphatic rings. The zero-order valence-electron chi connectivity index (χ0n) is 11.7. The van der Waals surface area contributed by atoms with Crippen molar-refractivity contribution in [1.29, 1.82) is 0 Å². The van der Waals surface area contributed by atoms with Crippen molar-refractivity contribution < 1.29 is 13.9 Å². The van der Waals surface area contributed by atoms with E-state index in [0.717, 1.165) is 5.56 Å². The lowest BCUT2D eigenvalue weighted by Gasteiger charge is -2.16. The van der Waals surface area contributed by atoms with Crippen LogP contribution in [0.2, 0.25) is 0 Å². The number of nitrogens with zero attached hydrogens (tertiary/aromatic N) is 3. The second-order valence-electron chi connectivity index (χ2n) is 4.89. The van der Waals surface area contributed by atoms with Crippen LogP contribution in [0.1, 0.15) is 35.9 Å². The second kappa shape index (κ2) is 5.16. The summed E-state index contributed by atoms with van der Waals surface area (Å²) in [4.78, 5) is 12.3. The zero-order chi connectivity index (χ0) is 15.0. The van der Waals surface area contributed by atoms with Crippen LogP contribution in [0, 0.1) is 5.82 Å². The van der Waals surface area contributed by atoms with E-state index < -0.39 is 0 Å². The largest absolute Gasteiger partial charge is 0.488 e. The molecule has 0 spiro atoms. The van der Waals surface area contributed by atoms with Crippen molar-refractivity contribution in [3.05, 3.63) is 41.5 Å². The van der Waals surface area contributed by atoms with Crippen LogP contribution in [0.15, 0.2) is 24.4 Å². The average molecular weight is 290 g/mol. The van der Waals surface area contributed by atoms with E-state index in [-0.39, 0.29) is 23.9 Å². The van der Waals surface area contributed by atoms with E-state index in [1.54, 1.807) is 6.07 Å². The second-order valence-corrected chi connectivity index (χ2v) is 4.89. The lowest BCUT2D eigenvalue weighted by atomic mass is 10.0. The van der Waals surface area contributed by atoms with E-state index in [1.165, 1.54) is 23.0 Å². The van der Waals surface area contributed by atoms with E-state index in [2.05, 4.69) is 15.6 Å². The van der Waals surface area contributed by atoms with Gasteiger partial charge in [-0.05, 0) is 19.9 Å². The summed E-state index contributed by atoms with van der Waals surface area (Å²) in [5, 5.41) is 10.5. The number of carbonyl (C=O) groups is 1. The summed E-state index contributed by atoms with van der Waals surface area (Å²) in [7, 11) is 0. The third-order valence-corrected chi connectivity index (χ3v) is 3.53. The first-order valence-electron chi connectivity index (χ1n) is 6.75. The monoisotopic (exact) mass is 290 g/mol. The van der Waals surface area contributed by atoms with Gasteiger partial charge in [0.05, 0.1) is 12.2 Å². The normalized spacial score (nSPS) is 20.0. The maximum atomic E-state index is 13.2. The van der Waals surface area contributed by atoms with Crippen molar-refractivity contribution >= 4 is 5.91 Å². The Balaban J connectivity index is 1.84. The molecule has 0 aliphatic carbocycles. The Kier molecular flexibility index (Phi) is 3.32. The number of amides is 1. The minimum absolute atomic E-state index is 0.267. The minimum Gasteiger partial charge on any atom is -0.488 e. The quantitative estimate of drug-likeness (QED) is 0.934. The van der Waals surface area contributed by atoms with E-state index in [9.17, 15) is 9.18 Å². The summed E-state index contributed by atoms with van der Waals surface area (Å²) < 4.78 is 20.3. The van der Waals surface area contributed by atoms with Crippen molar-refractivity contribution in [2.45, 2.75) is 32.5 Å². The number of fused-ring (bicyclic) bond motifs is 1. The number of hydrogen-bond donors (Lipinski definition) is 1. The number of carbonyl (C=O) groups excluding carboxylic acids is 1. The minimum atomic E-state index is -0.360. The van der Waals surface area contributed by atoms with Gasteiger partial charge in [0.1, 0.15) is 23.4 Å². The molecule has 3 rings (SSSR count). The molecule has 2 heterocycles. The Hall–Kier alpha value is -2.44. The van der Waals surface area contributed by atoms with Gasteiger partial charge >= 0.3 is 0 Å². The molecule has 1 aliphatic heterocycles. The maximum absolute atomic E-state index is 13.2. The molecule has 1 aromatic carbocycles. The number of hydrogen-bond acceptors (Lipinski definition) is 4. The Morgan fingerprint density at radius 1 is 1.52 bits per heavy atom. The Morgan fingerprint density at radius 3 is 3.10 bits per heavy atom. The topological polar surface area (TPSA) is 69.0 Å². The van der Waals surface area contributed by atoms with Crippen molar-refractivity contribution in [1.82, 2.24) is 20.3 Å². The summed E-state index contributed by atoms with van der Waals surface area (Å²) in [6.45, 7) is 4.27. The highest BCUT2D eigenvalue weighted by Gasteiger charge is 2.33. The van der Waals surface area contributed by atoms with Crippen LogP contribution in [0.25, 0.3) is 0 Å². The fourth-order valence-corrected chi connectivity index (χ4v) is 2.47. The molecule has 7 heteroatoms. The molecule has 1 amide bonds. The van der Waals surface area contributed by atoms with Crippen LogP contribution in [0.5, 0.6) is 5.75 Å². The summed E-state index contributed by atoms with van der Waals surface area (Å²) in [5.41, 5.74) is 1.16. The van der Waals surface area contributed by atoms with E-state index in [0.29, 0.717) is 18.0 Å². The molecule has 110 valence electrons. The highest BCUT2D eigenvalue weighted by molar-refractivity contribution is 5.92. The Labute approximate surface area is 120 Å². The van der Waals surface area contributed by atoms with Crippen molar-refractivity contribution in [2.75, 3.05) is 0 Å². The van der Waals surface area contributed by atoms with Crippen LogP contribution >= 0.6 is 0 Å². The van der Waals surface area contributed by atoms with E-state index in [4.69, 9.17) is 4.74 Å². The van der Waals surface area contributed by atoms with Crippen LogP contribution < -0.4 is 10.1 Å². The van der Waals surface area contributed by atoms with E-state index in [1.807, 2.05) is 13.8 Å². The number of aromatic nitrogens is 3. The van der Waals surface area contributed by atoms with Gasteiger partial charge in [-0.3, -0.25) is 4.79 Å². The van der Waals surface area contributed by atoms with Gasteiger partial charge < -0.3 is 10.1 Å². The zero-order valence-corrected chi connectivity index (χ0v) is 11.7. The van der Waals surface area contributed by atoms with Crippen LogP contribution in [0.3, 0.4) is 0 Å². The molecular weight excluding hydrogens is 275 g/mol. The van der Waals surface area contributed by atoms with Crippen molar-refractivity contribution in [2.24, 2.45) is 0 Å². The molecule has 0 saturated carbocycles. The lowest BCUT2D eigenvalue weighted by molar-refractivity contribution is 0.0897.